The summed E-state index contributed by atoms with van der Waals surface area (Å²) in [6, 6.07) is 17.2. The Balaban J connectivity index is 1.66. The van der Waals surface area contributed by atoms with Crippen LogP contribution in [0.5, 0.6) is 0 Å². The van der Waals surface area contributed by atoms with Crippen LogP contribution in [-0.4, -0.2) is 30.4 Å². The molecule has 2 aromatic carbocycles. The van der Waals surface area contributed by atoms with Crippen LogP contribution in [-0.2, 0) is 11.3 Å². The highest BCUT2D eigenvalue weighted by Crippen LogP contribution is 2.24. The summed E-state index contributed by atoms with van der Waals surface area (Å²) < 4.78 is 5.78. The van der Waals surface area contributed by atoms with E-state index in [2.05, 4.69) is 67.7 Å². The number of aliphatic hydroxyl groups is 1. The highest BCUT2D eigenvalue weighted by atomic mass is 16.5. The van der Waals surface area contributed by atoms with Gasteiger partial charge < -0.3 is 15.2 Å². The Bertz CT molecular complexity index is 636. The normalized spacial score (nSPS) is 21.0. The van der Waals surface area contributed by atoms with Gasteiger partial charge >= 0.3 is 0 Å². The van der Waals surface area contributed by atoms with Crippen LogP contribution < -0.4 is 5.32 Å². The predicted molar refractivity (Wildman–Crippen MR) is 93.4 cm³/mol. The van der Waals surface area contributed by atoms with Gasteiger partial charge in [0.15, 0.2) is 0 Å². The molecule has 1 saturated heterocycles. The first-order valence-corrected chi connectivity index (χ1v) is 8.33. The average molecular weight is 311 g/mol. The molecule has 3 heteroatoms. The van der Waals surface area contributed by atoms with Crippen molar-refractivity contribution in [2.45, 2.75) is 38.6 Å². The summed E-state index contributed by atoms with van der Waals surface area (Å²) in [5.41, 5.74) is 4.96. The fourth-order valence-corrected chi connectivity index (χ4v) is 2.88. The monoisotopic (exact) mass is 311 g/mol. The molecule has 2 N–H and O–H groups in total. The molecule has 0 aromatic heterocycles. The van der Waals surface area contributed by atoms with Crippen molar-refractivity contribution < 1.29 is 9.84 Å². The van der Waals surface area contributed by atoms with Crippen LogP contribution in [0.15, 0.2) is 48.5 Å². The van der Waals surface area contributed by atoms with Gasteiger partial charge in [-0.25, -0.2) is 0 Å². The van der Waals surface area contributed by atoms with E-state index in [1.54, 1.807) is 0 Å². The lowest BCUT2D eigenvalue weighted by Crippen LogP contribution is -2.26. The number of aliphatic hydroxyl groups excluding tert-OH is 1. The van der Waals surface area contributed by atoms with Crippen molar-refractivity contribution in [3.05, 3.63) is 59.7 Å². The molecule has 0 aliphatic carbocycles. The minimum atomic E-state index is -0.395. The maximum absolute atomic E-state index is 9.74. The molecule has 3 nitrogen and oxygen atoms in total. The summed E-state index contributed by atoms with van der Waals surface area (Å²) >= 11 is 0. The molecule has 23 heavy (non-hydrogen) atoms. The van der Waals surface area contributed by atoms with E-state index in [9.17, 15) is 5.11 Å². The van der Waals surface area contributed by atoms with Crippen LogP contribution in [0, 0.1) is 0 Å². The van der Waals surface area contributed by atoms with E-state index in [4.69, 9.17) is 4.74 Å². The molecule has 1 heterocycles. The number of benzene rings is 2. The fraction of sp³-hybridized carbons (Fsp3) is 0.400. The van der Waals surface area contributed by atoms with Gasteiger partial charge in [0, 0.05) is 13.1 Å². The Morgan fingerprint density at radius 1 is 1.09 bits per heavy atom. The molecule has 0 radical (unpaired) electrons. The standard InChI is InChI=1S/C20H25NO2/c1-14(2)17-4-3-5-18(10-17)16-8-6-15(7-9-16)13-23-20-12-21-11-19(20)22/h3-10,14,19-22H,11-13H2,1-2H3/t19-,20-/m0/s1. The van der Waals surface area contributed by atoms with E-state index < -0.39 is 6.10 Å². The first-order chi connectivity index (χ1) is 11.1. The first-order valence-electron chi connectivity index (χ1n) is 8.33. The van der Waals surface area contributed by atoms with Crippen LogP contribution >= 0.6 is 0 Å². The van der Waals surface area contributed by atoms with E-state index in [0.29, 0.717) is 19.1 Å². The molecule has 2 atom stereocenters. The lowest BCUT2D eigenvalue weighted by molar-refractivity contribution is -0.0169. The topological polar surface area (TPSA) is 41.5 Å². The van der Waals surface area contributed by atoms with E-state index in [1.165, 1.54) is 16.7 Å². The third-order valence-electron chi connectivity index (χ3n) is 4.43. The molecule has 1 aliphatic heterocycles. The SMILES string of the molecule is CC(C)c1cccc(-c2ccc(CO[C@H]3CNC[C@@H]3O)cc2)c1. The summed E-state index contributed by atoms with van der Waals surface area (Å²) in [7, 11) is 0. The predicted octanol–water partition coefficient (Wildman–Crippen LogP) is 3.33. The molecule has 2 aromatic rings. The average Bonchev–Trinajstić information content (AvgIpc) is 2.98. The van der Waals surface area contributed by atoms with E-state index >= 15 is 0 Å². The Morgan fingerprint density at radius 3 is 2.52 bits per heavy atom. The van der Waals surface area contributed by atoms with Crippen molar-refractivity contribution in [3.63, 3.8) is 0 Å². The lowest BCUT2D eigenvalue weighted by Gasteiger charge is -2.15. The Hall–Kier alpha value is -1.68. The number of hydrogen-bond acceptors (Lipinski definition) is 3. The molecule has 0 bridgehead atoms. The second-order valence-electron chi connectivity index (χ2n) is 6.55. The van der Waals surface area contributed by atoms with Gasteiger partial charge in [0.1, 0.15) is 0 Å². The molecule has 0 unspecified atom stereocenters. The van der Waals surface area contributed by atoms with Crippen LogP contribution in [0.1, 0.15) is 30.9 Å². The first kappa shape index (κ1) is 16.2. The Kier molecular flexibility index (Phi) is 5.11. The lowest BCUT2D eigenvalue weighted by atomic mass is 9.97. The van der Waals surface area contributed by atoms with Crippen molar-refractivity contribution in [1.29, 1.82) is 0 Å². The summed E-state index contributed by atoms with van der Waals surface area (Å²) in [6.07, 6.45) is -0.495. The number of ether oxygens (including phenoxy) is 1. The van der Waals surface area contributed by atoms with Gasteiger partial charge in [-0.05, 0) is 28.2 Å². The Morgan fingerprint density at radius 2 is 1.87 bits per heavy atom. The highest BCUT2D eigenvalue weighted by molar-refractivity contribution is 5.64. The maximum atomic E-state index is 9.74. The van der Waals surface area contributed by atoms with Crippen molar-refractivity contribution >= 4 is 0 Å². The van der Waals surface area contributed by atoms with Crippen LogP contribution in [0.25, 0.3) is 11.1 Å². The quantitative estimate of drug-likeness (QED) is 0.890. The number of hydrogen-bond donors (Lipinski definition) is 2. The van der Waals surface area contributed by atoms with Gasteiger partial charge in [-0.15, -0.1) is 0 Å². The van der Waals surface area contributed by atoms with Crippen molar-refractivity contribution in [2.24, 2.45) is 0 Å². The fourth-order valence-electron chi connectivity index (χ4n) is 2.88. The van der Waals surface area contributed by atoms with Crippen LogP contribution in [0.3, 0.4) is 0 Å². The highest BCUT2D eigenvalue weighted by Gasteiger charge is 2.25. The van der Waals surface area contributed by atoms with Crippen molar-refractivity contribution in [3.8, 4) is 11.1 Å². The summed E-state index contributed by atoms with van der Waals surface area (Å²) in [5, 5.41) is 12.9. The second kappa shape index (κ2) is 7.26. The molecular weight excluding hydrogens is 286 g/mol. The molecule has 1 fully saturated rings. The third kappa shape index (κ3) is 3.99. The Labute approximate surface area is 138 Å². The molecule has 3 rings (SSSR count). The number of nitrogens with one attached hydrogen (secondary N) is 1. The maximum Gasteiger partial charge on any atom is 0.0974 e. The van der Waals surface area contributed by atoms with Crippen LogP contribution in [0.4, 0.5) is 0 Å². The molecular formula is C20H25NO2. The molecule has 0 saturated carbocycles. The van der Waals surface area contributed by atoms with E-state index in [0.717, 1.165) is 12.1 Å². The van der Waals surface area contributed by atoms with Gasteiger partial charge in [0.05, 0.1) is 18.8 Å². The summed E-state index contributed by atoms with van der Waals surface area (Å²) in [4.78, 5) is 0. The molecule has 1 aliphatic rings. The number of β-amino-alcohol motifs (C(OH)–C–C–N with tert-alkyl or cyclic N) is 1. The van der Waals surface area contributed by atoms with E-state index in [-0.39, 0.29) is 6.10 Å². The van der Waals surface area contributed by atoms with Crippen molar-refractivity contribution in [2.75, 3.05) is 13.1 Å². The molecule has 122 valence electrons. The van der Waals surface area contributed by atoms with Crippen molar-refractivity contribution in [1.82, 2.24) is 5.32 Å². The summed E-state index contributed by atoms with van der Waals surface area (Å²) in [5.74, 6) is 0.536. The zero-order valence-corrected chi connectivity index (χ0v) is 13.8. The van der Waals surface area contributed by atoms with E-state index in [1.807, 2.05) is 0 Å². The van der Waals surface area contributed by atoms with Gasteiger partial charge in [-0.1, -0.05) is 62.4 Å². The van der Waals surface area contributed by atoms with Crippen LogP contribution in [0.2, 0.25) is 0 Å². The zero-order chi connectivity index (χ0) is 16.2. The molecule has 0 amide bonds. The van der Waals surface area contributed by atoms with Gasteiger partial charge in [-0.3, -0.25) is 0 Å². The minimum Gasteiger partial charge on any atom is -0.389 e. The minimum absolute atomic E-state index is 0.0996. The van der Waals surface area contributed by atoms with Gasteiger partial charge in [0.25, 0.3) is 0 Å². The third-order valence-corrected chi connectivity index (χ3v) is 4.43. The van der Waals surface area contributed by atoms with Gasteiger partial charge in [0.2, 0.25) is 0 Å². The largest absolute Gasteiger partial charge is 0.389 e. The summed E-state index contributed by atoms with van der Waals surface area (Å²) in [6.45, 7) is 6.31. The smallest absolute Gasteiger partial charge is 0.0974 e. The zero-order valence-electron chi connectivity index (χ0n) is 13.8. The molecule has 0 spiro atoms. The second-order valence-corrected chi connectivity index (χ2v) is 6.55. The number of rotatable bonds is 5. The van der Waals surface area contributed by atoms with Gasteiger partial charge in [-0.2, -0.15) is 0 Å².